The Balaban J connectivity index is 2.80. The normalized spacial score (nSPS) is 10.9. The molecule has 2 rings (SSSR count). The van der Waals surface area contributed by atoms with Crippen LogP contribution < -0.4 is 0 Å². The molecule has 0 amide bonds. The first-order chi connectivity index (χ1) is 8.82. The van der Waals surface area contributed by atoms with Crippen molar-refractivity contribution >= 4 is 55.1 Å². The smallest absolute Gasteiger partial charge is 0.0705 e. The summed E-state index contributed by atoms with van der Waals surface area (Å²) < 4.78 is 1.56. The maximum absolute atomic E-state index is 6.44. The van der Waals surface area contributed by atoms with Crippen LogP contribution >= 0.6 is 55.1 Å². The van der Waals surface area contributed by atoms with Crippen molar-refractivity contribution in [1.29, 1.82) is 0 Å². The van der Waals surface area contributed by atoms with Crippen LogP contribution in [-0.2, 0) is 0 Å². The van der Waals surface area contributed by atoms with E-state index in [0.717, 1.165) is 20.1 Å². The van der Waals surface area contributed by atoms with Crippen LogP contribution in [0.5, 0.6) is 0 Å². The summed E-state index contributed by atoms with van der Waals surface area (Å²) in [5, 5.41) is 1.24. The highest BCUT2D eigenvalue weighted by Crippen LogP contribution is 2.44. The van der Waals surface area contributed by atoms with Gasteiger partial charge in [-0.25, -0.2) is 0 Å². The van der Waals surface area contributed by atoms with Crippen LogP contribution in [0, 0.1) is 20.8 Å². The molecule has 0 unspecified atom stereocenters. The van der Waals surface area contributed by atoms with Crippen molar-refractivity contribution in [2.45, 2.75) is 20.8 Å². The van der Waals surface area contributed by atoms with E-state index >= 15 is 0 Å². The monoisotopic (exact) mass is 420 g/mol. The maximum atomic E-state index is 6.44. The molecule has 100 valence electrons. The van der Waals surface area contributed by atoms with Crippen molar-refractivity contribution < 1.29 is 0 Å². The Bertz CT molecular complexity index is 641. The average Bonchev–Trinajstić information content (AvgIpc) is 2.31. The molecule has 0 aliphatic rings. The van der Waals surface area contributed by atoms with E-state index in [1.54, 1.807) is 0 Å². The Morgan fingerprint density at radius 3 is 1.89 bits per heavy atom. The average molecular weight is 423 g/mol. The molecule has 0 heterocycles. The van der Waals surface area contributed by atoms with E-state index in [1.807, 2.05) is 6.07 Å². The summed E-state index contributed by atoms with van der Waals surface area (Å²) in [4.78, 5) is 0. The minimum Gasteiger partial charge on any atom is -0.0824 e. The number of hydrogen-bond donors (Lipinski definition) is 0. The number of hydrogen-bond acceptors (Lipinski definition) is 0. The van der Waals surface area contributed by atoms with Gasteiger partial charge in [-0.05, 0) is 75.4 Å². The van der Waals surface area contributed by atoms with Crippen molar-refractivity contribution in [2.24, 2.45) is 0 Å². The molecule has 0 saturated carbocycles. The second-order valence-corrected chi connectivity index (χ2v) is 7.02. The summed E-state index contributed by atoms with van der Waals surface area (Å²) in [7, 11) is 0. The number of aryl methyl sites for hydroxylation is 3. The lowest BCUT2D eigenvalue weighted by Crippen LogP contribution is -1.92. The molecule has 0 atom stereocenters. The van der Waals surface area contributed by atoms with Crippen LogP contribution in [0.15, 0.2) is 27.1 Å². The lowest BCUT2D eigenvalue weighted by Gasteiger charge is -2.15. The number of rotatable bonds is 1. The van der Waals surface area contributed by atoms with E-state index in [2.05, 4.69) is 64.8 Å². The van der Waals surface area contributed by atoms with E-state index in [0.29, 0.717) is 10.0 Å². The summed E-state index contributed by atoms with van der Waals surface area (Å²) in [6.07, 6.45) is 0. The largest absolute Gasteiger partial charge is 0.0824 e. The Kier molecular flexibility index (Phi) is 4.67. The third kappa shape index (κ3) is 2.87. The lowest BCUT2D eigenvalue weighted by atomic mass is 9.94. The van der Waals surface area contributed by atoms with Crippen LogP contribution in [0.4, 0.5) is 0 Å². The number of halogens is 4. The molecule has 0 bridgehead atoms. The Morgan fingerprint density at radius 2 is 1.37 bits per heavy atom. The van der Waals surface area contributed by atoms with E-state index in [-0.39, 0.29) is 0 Å². The van der Waals surface area contributed by atoms with Crippen LogP contribution in [-0.4, -0.2) is 0 Å². The van der Waals surface area contributed by atoms with Crippen molar-refractivity contribution in [3.63, 3.8) is 0 Å². The van der Waals surface area contributed by atoms with Gasteiger partial charge in [-0.2, -0.15) is 0 Å². The quantitative estimate of drug-likeness (QED) is 0.339. The standard InChI is InChI=1S/C15H12Br2Cl2/c1-7-4-8(2)12(9(3)5-7)10-6-11(16)15(19)13(17)14(10)18/h4-6H,1-3H3. The van der Waals surface area contributed by atoms with Crippen LogP contribution in [0.3, 0.4) is 0 Å². The number of benzene rings is 2. The minimum atomic E-state index is 0.594. The van der Waals surface area contributed by atoms with Gasteiger partial charge in [0.05, 0.1) is 14.5 Å². The fourth-order valence-electron chi connectivity index (χ4n) is 2.36. The molecule has 4 heteroatoms. The van der Waals surface area contributed by atoms with Crippen molar-refractivity contribution in [3.8, 4) is 11.1 Å². The van der Waals surface area contributed by atoms with E-state index < -0.39 is 0 Å². The van der Waals surface area contributed by atoms with Gasteiger partial charge in [0.15, 0.2) is 0 Å². The summed E-state index contributed by atoms with van der Waals surface area (Å²) in [6, 6.07) is 6.30. The van der Waals surface area contributed by atoms with Gasteiger partial charge in [0.25, 0.3) is 0 Å². The second kappa shape index (κ2) is 5.77. The van der Waals surface area contributed by atoms with Gasteiger partial charge in [0, 0.05) is 10.0 Å². The Labute approximate surface area is 140 Å². The van der Waals surface area contributed by atoms with Gasteiger partial charge in [0.2, 0.25) is 0 Å². The van der Waals surface area contributed by atoms with E-state index in [9.17, 15) is 0 Å². The van der Waals surface area contributed by atoms with Gasteiger partial charge in [-0.1, -0.05) is 40.9 Å². The summed E-state index contributed by atoms with van der Waals surface area (Å²) in [6.45, 7) is 6.29. The lowest BCUT2D eigenvalue weighted by molar-refractivity contribution is 1.32. The second-order valence-electron chi connectivity index (χ2n) is 4.62. The highest BCUT2D eigenvalue weighted by atomic mass is 79.9. The Morgan fingerprint density at radius 1 is 0.842 bits per heavy atom. The SMILES string of the molecule is Cc1cc(C)c(-c2cc(Br)c(Cl)c(Br)c2Cl)c(C)c1. The molecule has 19 heavy (non-hydrogen) atoms. The first kappa shape index (κ1) is 15.4. The minimum absolute atomic E-state index is 0.594. The highest BCUT2D eigenvalue weighted by molar-refractivity contribution is 9.11. The first-order valence-electron chi connectivity index (χ1n) is 5.74. The first-order valence-corrected chi connectivity index (χ1v) is 8.08. The topological polar surface area (TPSA) is 0 Å². The van der Waals surface area contributed by atoms with Crippen molar-refractivity contribution in [3.05, 3.63) is 53.9 Å². The molecule has 0 spiro atoms. The third-order valence-corrected chi connectivity index (χ3v) is 5.94. The van der Waals surface area contributed by atoms with Crippen LogP contribution in [0.25, 0.3) is 11.1 Å². The fourth-order valence-corrected chi connectivity index (χ4v) is 3.92. The van der Waals surface area contributed by atoms with Crippen LogP contribution in [0.2, 0.25) is 10.0 Å². The summed E-state index contributed by atoms with van der Waals surface area (Å²) in [5.41, 5.74) is 5.82. The van der Waals surface area contributed by atoms with Gasteiger partial charge < -0.3 is 0 Å². The molecule has 0 radical (unpaired) electrons. The van der Waals surface area contributed by atoms with Gasteiger partial charge in [-0.3, -0.25) is 0 Å². The van der Waals surface area contributed by atoms with Crippen molar-refractivity contribution in [2.75, 3.05) is 0 Å². The Hall–Kier alpha value is -0.0200. The highest BCUT2D eigenvalue weighted by Gasteiger charge is 2.16. The molecular formula is C15H12Br2Cl2. The summed E-state index contributed by atoms with van der Waals surface area (Å²) >= 11 is 19.5. The molecule has 0 saturated heterocycles. The molecule has 0 N–H and O–H groups in total. The van der Waals surface area contributed by atoms with Gasteiger partial charge in [-0.15, -0.1) is 0 Å². The molecule has 2 aromatic rings. The zero-order valence-electron chi connectivity index (χ0n) is 10.7. The fraction of sp³-hybridized carbons (Fsp3) is 0.200. The molecule has 0 aliphatic heterocycles. The van der Waals surface area contributed by atoms with Gasteiger partial charge >= 0.3 is 0 Å². The predicted octanol–water partition coefficient (Wildman–Crippen LogP) is 7.11. The predicted molar refractivity (Wildman–Crippen MR) is 91.5 cm³/mol. The zero-order valence-corrected chi connectivity index (χ0v) is 15.4. The van der Waals surface area contributed by atoms with Crippen LogP contribution in [0.1, 0.15) is 16.7 Å². The van der Waals surface area contributed by atoms with Crippen molar-refractivity contribution in [1.82, 2.24) is 0 Å². The molecular weight excluding hydrogens is 411 g/mol. The zero-order chi connectivity index (χ0) is 14.3. The molecule has 0 fully saturated rings. The summed E-state index contributed by atoms with van der Waals surface area (Å²) in [5.74, 6) is 0. The third-order valence-electron chi connectivity index (χ3n) is 3.05. The van der Waals surface area contributed by atoms with E-state index in [4.69, 9.17) is 23.2 Å². The molecule has 2 aromatic carbocycles. The molecule has 0 aromatic heterocycles. The molecule has 0 aliphatic carbocycles. The van der Waals surface area contributed by atoms with E-state index in [1.165, 1.54) is 16.7 Å². The molecule has 0 nitrogen and oxygen atoms in total. The van der Waals surface area contributed by atoms with Gasteiger partial charge in [0.1, 0.15) is 0 Å². The maximum Gasteiger partial charge on any atom is 0.0705 e.